The Bertz CT molecular complexity index is 719. The summed E-state index contributed by atoms with van der Waals surface area (Å²) in [6.45, 7) is 0. The van der Waals surface area contributed by atoms with Crippen molar-refractivity contribution in [2.75, 3.05) is 0 Å². The molecule has 0 heterocycles. The van der Waals surface area contributed by atoms with Gasteiger partial charge in [-0.2, -0.15) is 0 Å². The van der Waals surface area contributed by atoms with Gasteiger partial charge in [0.05, 0.1) is 5.02 Å². The summed E-state index contributed by atoms with van der Waals surface area (Å²) < 4.78 is 0. The zero-order valence-corrected chi connectivity index (χ0v) is 10.4. The minimum atomic E-state index is 0.112. The first-order chi connectivity index (χ1) is 8.74. The monoisotopic (exact) mass is 254 g/mol. The second-order valence-corrected chi connectivity index (χ2v) is 4.64. The maximum Gasteiger partial charge on any atom is 0.134 e. The molecular formula is C16H11ClO. The zero-order valence-electron chi connectivity index (χ0n) is 9.60. The van der Waals surface area contributed by atoms with E-state index in [2.05, 4.69) is 30.3 Å². The molecule has 3 rings (SSSR count). The average Bonchev–Trinajstić information content (AvgIpc) is 2.41. The van der Waals surface area contributed by atoms with Gasteiger partial charge in [-0.15, -0.1) is 0 Å². The quantitative estimate of drug-likeness (QED) is 0.657. The summed E-state index contributed by atoms with van der Waals surface area (Å²) in [5.74, 6) is 0.112. The second-order valence-electron chi connectivity index (χ2n) is 4.23. The Morgan fingerprint density at radius 3 is 2.17 bits per heavy atom. The van der Waals surface area contributed by atoms with Crippen LogP contribution in [0.25, 0.3) is 21.9 Å². The second kappa shape index (κ2) is 4.35. The normalized spacial score (nSPS) is 10.7. The molecule has 0 atom stereocenters. The highest BCUT2D eigenvalue weighted by molar-refractivity contribution is 6.32. The number of phenols is 1. The molecule has 2 heteroatoms. The van der Waals surface area contributed by atoms with Gasteiger partial charge in [0, 0.05) is 0 Å². The lowest BCUT2D eigenvalue weighted by Crippen LogP contribution is -1.79. The van der Waals surface area contributed by atoms with E-state index < -0.39 is 0 Å². The number of halogens is 1. The lowest BCUT2D eigenvalue weighted by molar-refractivity contribution is 0.475. The molecule has 0 aliphatic carbocycles. The van der Waals surface area contributed by atoms with Gasteiger partial charge in [0.1, 0.15) is 5.75 Å². The highest BCUT2D eigenvalue weighted by Gasteiger charge is 2.03. The Labute approximate surface area is 110 Å². The Balaban J connectivity index is 2.16. The number of fused-ring (bicyclic) bond motifs is 1. The lowest BCUT2D eigenvalue weighted by atomic mass is 10.0. The van der Waals surface area contributed by atoms with Crippen molar-refractivity contribution in [1.29, 1.82) is 0 Å². The van der Waals surface area contributed by atoms with Crippen LogP contribution in [-0.4, -0.2) is 5.11 Å². The molecule has 1 N–H and O–H groups in total. The molecule has 3 aromatic rings. The fraction of sp³-hybridized carbons (Fsp3) is 0. The van der Waals surface area contributed by atoms with Crippen LogP contribution in [0.2, 0.25) is 5.02 Å². The molecule has 0 aliphatic rings. The summed E-state index contributed by atoms with van der Waals surface area (Å²) in [6, 6.07) is 19.8. The van der Waals surface area contributed by atoms with Gasteiger partial charge in [-0.1, -0.05) is 54.1 Å². The number of hydrogen-bond donors (Lipinski definition) is 1. The average molecular weight is 255 g/mol. The molecule has 0 radical (unpaired) electrons. The van der Waals surface area contributed by atoms with Crippen LogP contribution in [0.1, 0.15) is 0 Å². The standard InChI is InChI=1S/C16H11ClO/c17-15-10-14(7-8-16(15)18)13-6-5-11-3-1-2-4-12(11)9-13/h1-10,18H. The fourth-order valence-electron chi connectivity index (χ4n) is 2.06. The van der Waals surface area contributed by atoms with Gasteiger partial charge in [0.15, 0.2) is 0 Å². The number of phenolic OH excluding ortho intramolecular Hbond substituents is 1. The summed E-state index contributed by atoms with van der Waals surface area (Å²) in [5.41, 5.74) is 2.10. The van der Waals surface area contributed by atoms with Gasteiger partial charge in [-0.3, -0.25) is 0 Å². The summed E-state index contributed by atoms with van der Waals surface area (Å²) in [4.78, 5) is 0. The summed E-state index contributed by atoms with van der Waals surface area (Å²) >= 11 is 5.93. The van der Waals surface area contributed by atoms with Gasteiger partial charge in [-0.05, 0) is 40.1 Å². The van der Waals surface area contributed by atoms with E-state index >= 15 is 0 Å². The third-order valence-electron chi connectivity index (χ3n) is 3.03. The molecule has 0 spiro atoms. The van der Waals surface area contributed by atoms with Gasteiger partial charge in [0.2, 0.25) is 0 Å². The van der Waals surface area contributed by atoms with Crippen molar-refractivity contribution in [3.63, 3.8) is 0 Å². The molecule has 0 bridgehead atoms. The van der Waals surface area contributed by atoms with E-state index in [1.54, 1.807) is 12.1 Å². The number of hydrogen-bond acceptors (Lipinski definition) is 1. The molecular weight excluding hydrogens is 244 g/mol. The van der Waals surface area contributed by atoms with Crippen LogP contribution in [-0.2, 0) is 0 Å². The highest BCUT2D eigenvalue weighted by Crippen LogP contribution is 2.30. The summed E-state index contributed by atoms with van der Waals surface area (Å²) in [5, 5.41) is 12.2. The van der Waals surface area contributed by atoms with Crippen molar-refractivity contribution in [1.82, 2.24) is 0 Å². The number of rotatable bonds is 1. The maximum atomic E-state index is 9.43. The number of aromatic hydroxyl groups is 1. The Hall–Kier alpha value is -1.99. The van der Waals surface area contributed by atoms with Crippen molar-refractivity contribution < 1.29 is 5.11 Å². The molecule has 0 amide bonds. The topological polar surface area (TPSA) is 20.2 Å². The fourth-order valence-corrected chi connectivity index (χ4v) is 2.24. The largest absolute Gasteiger partial charge is 0.506 e. The SMILES string of the molecule is Oc1ccc(-c2ccc3ccccc3c2)cc1Cl. The van der Waals surface area contributed by atoms with Gasteiger partial charge < -0.3 is 5.11 Å². The molecule has 3 aromatic carbocycles. The van der Waals surface area contributed by atoms with E-state index in [-0.39, 0.29) is 5.75 Å². The maximum absolute atomic E-state index is 9.43. The van der Waals surface area contributed by atoms with E-state index in [9.17, 15) is 5.11 Å². The van der Waals surface area contributed by atoms with Crippen LogP contribution in [0.15, 0.2) is 60.7 Å². The van der Waals surface area contributed by atoms with Crippen LogP contribution in [0.4, 0.5) is 0 Å². The van der Waals surface area contributed by atoms with E-state index in [4.69, 9.17) is 11.6 Å². The van der Waals surface area contributed by atoms with E-state index in [0.717, 1.165) is 11.1 Å². The van der Waals surface area contributed by atoms with Gasteiger partial charge in [0.25, 0.3) is 0 Å². The van der Waals surface area contributed by atoms with Crippen LogP contribution in [0.3, 0.4) is 0 Å². The molecule has 0 saturated carbocycles. The van der Waals surface area contributed by atoms with E-state index in [0.29, 0.717) is 5.02 Å². The minimum Gasteiger partial charge on any atom is -0.506 e. The van der Waals surface area contributed by atoms with Crippen molar-refractivity contribution in [2.24, 2.45) is 0 Å². The van der Waals surface area contributed by atoms with Crippen molar-refractivity contribution >= 4 is 22.4 Å². The molecule has 18 heavy (non-hydrogen) atoms. The summed E-state index contributed by atoms with van der Waals surface area (Å²) in [7, 11) is 0. The predicted octanol–water partition coefficient (Wildman–Crippen LogP) is 4.87. The number of benzene rings is 3. The molecule has 0 saturated heterocycles. The van der Waals surface area contributed by atoms with Gasteiger partial charge >= 0.3 is 0 Å². The Kier molecular flexibility index (Phi) is 2.69. The first-order valence-corrected chi connectivity index (χ1v) is 6.09. The highest BCUT2D eigenvalue weighted by atomic mass is 35.5. The minimum absolute atomic E-state index is 0.112. The molecule has 0 aromatic heterocycles. The molecule has 1 nitrogen and oxygen atoms in total. The Morgan fingerprint density at radius 1 is 0.722 bits per heavy atom. The summed E-state index contributed by atoms with van der Waals surface area (Å²) in [6.07, 6.45) is 0. The molecule has 88 valence electrons. The van der Waals surface area contributed by atoms with E-state index in [1.165, 1.54) is 10.8 Å². The van der Waals surface area contributed by atoms with Crippen molar-refractivity contribution in [2.45, 2.75) is 0 Å². The van der Waals surface area contributed by atoms with Crippen LogP contribution >= 0.6 is 11.6 Å². The third-order valence-corrected chi connectivity index (χ3v) is 3.33. The smallest absolute Gasteiger partial charge is 0.134 e. The van der Waals surface area contributed by atoms with Crippen molar-refractivity contribution in [3.8, 4) is 16.9 Å². The predicted molar refractivity (Wildman–Crippen MR) is 76.1 cm³/mol. The van der Waals surface area contributed by atoms with E-state index in [1.807, 2.05) is 18.2 Å². The van der Waals surface area contributed by atoms with Crippen molar-refractivity contribution in [3.05, 3.63) is 65.7 Å². The lowest BCUT2D eigenvalue weighted by Gasteiger charge is -2.05. The van der Waals surface area contributed by atoms with Crippen LogP contribution in [0, 0.1) is 0 Å². The van der Waals surface area contributed by atoms with Crippen LogP contribution < -0.4 is 0 Å². The molecule has 0 aliphatic heterocycles. The zero-order chi connectivity index (χ0) is 12.5. The molecule has 0 unspecified atom stereocenters. The first kappa shape index (κ1) is 11.1. The van der Waals surface area contributed by atoms with Crippen LogP contribution in [0.5, 0.6) is 5.75 Å². The first-order valence-electron chi connectivity index (χ1n) is 5.72. The molecule has 0 fully saturated rings. The third kappa shape index (κ3) is 1.93. The Morgan fingerprint density at radius 2 is 1.39 bits per heavy atom. The van der Waals surface area contributed by atoms with Gasteiger partial charge in [-0.25, -0.2) is 0 Å².